The number of ether oxygens (including phenoxy) is 1. The maximum absolute atomic E-state index is 12.8. The summed E-state index contributed by atoms with van der Waals surface area (Å²) in [6.07, 6.45) is 1.66. The first-order chi connectivity index (χ1) is 13.1. The predicted molar refractivity (Wildman–Crippen MR) is 107 cm³/mol. The molecule has 1 aromatic heterocycles. The van der Waals surface area contributed by atoms with Gasteiger partial charge in [-0.3, -0.25) is 9.69 Å². The van der Waals surface area contributed by atoms with Crippen LogP contribution in [0.1, 0.15) is 48.2 Å². The summed E-state index contributed by atoms with van der Waals surface area (Å²) in [6.45, 7) is 11.0. The Kier molecular flexibility index (Phi) is 6.45. The van der Waals surface area contributed by atoms with Crippen molar-refractivity contribution < 1.29 is 9.53 Å². The highest BCUT2D eigenvalue weighted by atomic mass is 16.5. The lowest BCUT2D eigenvalue weighted by Gasteiger charge is -2.35. The van der Waals surface area contributed by atoms with Crippen molar-refractivity contribution in [3.05, 3.63) is 59.3 Å². The van der Waals surface area contributed by atoms with Crippen LogP contribution in [-0.4, -0.2) is 53.5 Å². The molecule has 0 saturated carbocycles. The average Bonchev–Trinajstić information content (AvgIpc) is 2.69. The fraction of sp³-hybridized carbons (Fsp3) is 0.455. The summed E-state index contributed by atoms with van der Waals surface area (Å²) in [6, 6.07) is 12.5. The lowest BCUT2D eigenvalue weighted by molar-refractivity contribution is 0.0623. The number of benzene rings is 1. The van der Waals surface area contributed by atoms with Gasteiger partial charge in [0.15, 0.2) is 0 Å². The maximum Gasteiger partial charge on any atom is 0.259 e. The van der Waals surface area contributed by atoms with E-state index in [0.717, 1.165) is 32.7 Å². The molecule has 0 unspecified atom stereocenters. The highest BCUT2D eigenvalue weighted by Gasteiger charge is 2.24. The summed E-state index contributed by atoms with van der Waals surface area (Å²) >= 11 is 0. The quantitative estimate of drug-likeness (QED) is 0.783. The fourth-order valence-corrected chi connectivity index (χ4v) is 3.35. The third-order valence-corrected chi connectivity index (χ3v) is 4.99. The van der Waals surface area contributed by atoms with Crippen LogP contribution in [0.2, 0.25) is 0 Å². The summed E-state index contributed by atoms with van der Waals surface area (Å²) < 4.78 is 5.51. The second-order valence-corrected chi connectivity index (χ2v) is 7.25. The minimum absolute atomic E-state index is 0.00693. The van der Waals surface area contributed by atoms with Gasteiger partial charge in [0.25, 0.3) is 5.91 Å². The van der Waals surface area contributed by atoms with E-state index in [1.807, 2.05) is 11.8 Å². The Morgan fingerprint density at radius 2 is 1.81 bits per heavy atom. The third kappa shape index (κ3) is 4.86. The minimum atomic E-state index is 0.00693. The largest absolute Gasteiger partial charge is 0.477 e. The van der Waals surface area contributed by atoms with E-state index in [4.69, 9.17) is 4.74 Å². The first-order valence-corrected chi connectivity index (χ1v) is 9.76. The van der Waals surface area contributed by atoms with Crippen molar-refractivity contribution in [2.24, 2.45) is 0 Å². The number of carbonyl (C=O) groups is 1. The van der Waals surface area contributed by atoms with Crippen LogP contribution in [-0.2, 0) is 6.54 Å². The summed E-state index contributed by atoms with van der Waals surface area (Å²) in [7, 11) is 0. The summed E-state index contributed by atoms with van der Waals surface area (Å²) in [5.74, 6) is 0.993. The van der Waals surface area contributed by atoms with E-state index in [2.05, 4.69) is 48.0 Å². The molecule has 2 heterocycles. The monoisotopic (exact) mass is 367 g/mol. The fourth-order valence-electron chi connectivity index (χ4n) is 3.35. The van der Waals surface area contributed by atoms with Crippen molar-refractivity contribution >= 4 is 5.91 Å². The zero-order chi connectivity index (χ0) is 19.2. The van der Waals surface area contributed by atoms with Gasteiger partial charge in [0.05, 0.1) is 6.61 Å². The average molecular weight is 367 g/mol. The summed E-state index contributed by atoms with van der Waals surface area (Å²) in [5, 5.41) is 0. The number of piperazine rings is 1. The number of amides is 1. The van der Waals surface area contributed by atoms with Crippen LogP contribution >= 0.6 is 0 Å². The molecule has 3 rings (SSSR count). The standard InChI is InChI=1S/C22H29N3O2/c1-4-27-21-20(6-5-11-23-21)22(26)25-14-12-24(13-15-25)16-18-7-9-19(10-8-18)17(2)3/h5-11,17H,4,12-16H2,1-3H3. The van der Waals surface area contributed by atoms with E-state index in [9.17, 15) is 4.79 Å². The molecule has 0 atom stereocenters. The van der Waals surface area contributed by atoms with Gasteiger partial charge in [-0.15, -0.1) is 0 Å². The molecule has 0 spiro atoms. The van der Waals surface area contributed by atoms with Gasteiger partial charge in [-0.1, -0.05) is 38.1 Å². The lowest BCUT2D eigenvalue weighted by atomic mass is 10.0. The molecule has 1 amide bonds. The predicted octanol–water partition coefficient (Wildman–Crippen LogP) is 3.56. The van der Waals surface area contributed by atoms with Crippen molar-refractivity contribution in [3.8, 4) is 5.88 Å². The van der Waals surface area contributed by atoms with Gasteiger partial charge >= 0.3 is 0 Å². The molecule has 0 N–H and O–H groups in total. The second kappa shape index (κ2) is 9.00. The Balaban J connectivity index is 1.56. The number of pyridine rings is 1. The molecule has 1 saturated heterocycles. The Hall–Kier alpha value is -2.40. The molecule has 144 valence electrons. The topological polar surface area (TPSA) is 45.7 Å². The van der Waals surface area contributed by atoms with Gasteiger partial charge in [0, 0.05) is 38.9 Å². The van der Waals surface area contributed by atoms with E-state index in [0.29, 0.717) is 24.0 Å². The van der Waals surface area contributed by atoms with Crippen LogP contribution in [0, 0.1) is 0 Å². The number of hydrogen-bond donors (Lipinski definition) is 0. The van der Waals surface area contributed by atoms with Gasteiger partial charge in [-0.25, -0.2) is 4.98 Å². The van der Waals surface area contributed by atoms with Crippen LogP contribution in [0.5, 0.6) is 5.88 Å². The van der Waals surface area contributed by atoms with Gasteiger partial charge in [0.1, 0.15) is 5.56 Å². The van der Waals surface area contributed by atoms with E-state index in [-0.39, 0.29) is 5.91 Å². The van der Waals surface area contributed by atoms with Crippen molar-refractivity contribution in [2.45, 2.75) is 33.2 Å². The first kappa shape index (κ1) is 19.4. The van der Waals surface area contributed by atoms with Gasteiger partial charge < -0.3 is 9.64 Å². The highest BCUT2D eigenvalue weighted by Crippen LogP contribution is 2.19. The normalized spacial score (nSPS) is 15.2. The molecule has 1 aliphatic heterocycles. The van der Waals surface area contributed by atoms with Crippen LogP contribution in [0.25, 0.3) is 0 Å². The summed E-state index contributed by atoms with van der Waals surface area (Å²) in [5.41, 5.74) is 3.25. The zero-order valence-electron chi connectivity index (χ0n) is 16.5. The van der Waals surface area contributed by atoms with E-state index in [1.54, 1.807) is 18.3 Å². The van der Waals surface area contributed by atoms with Crippen LogP contribution in [0.15, 0.2) is 42.6 Å². The SMILES string of the molecule is CCOc1ncccc1C(=O)N1CCN(Cc2ccc(C(C)C)cc2)CC1. The van der Waals surface area contributed by atoms with Crippen molar-refractivity contribution in [2.75, 3.05) is 32.8 Å². The number of rotatable bonds is 6. The van der Waals surface area contributed by atoms with Crippen LogP contribution in [0.3, 0.4) is 0 Å². The maximum atomic E-state index is 12.8. The zero-order valence-corrected chi connectivity index (χ0v) is 16.5. The van der Waals surface area contributed by atoms with E-state index in [1.165, 1.54) is 11.1 Å². The lowest BCUT2D eigenvalue weighted by Crippen LogP contribution is -2.48. The first-order valence-electron chi connectivity index (χ1n) is 9.76. The molecule has 2 aromatic rings. The van der Waals surface area contributed by atoms with Gasteiger partial charge in [-0.2, -0.15) is 0 Å². The van der Waals surface area contributed by atoms with Gasteiger partial charge in [-0.05, 0) is 36.1 Å². The Bertz CT molecular complexity index is 750. The molecule has 0 radical (unpaired) electrons. The number of carbonyl (C=O) groups excluding carboxylic acids is 1. The van der Waals surface area contributed by atoms with Crippen LogP contribution in [0.4, 0.5) is 0 Å². The van der Waals surface area contributed by atoms with Crippen molar-refractivity contribution in [1.82, 2.24) is 14.8 Å². The molecule has 1 fully saturated rings. The van der Waals surface area contributed by atoms with E-state index < -0.39 is 0 Å². The molecular formula is C22H29N3O2. The highest BCUT2D eigenvalue weighted by molar-refractivity contribution is 5.96. The van der Waals surface area contributed by atoms with Gasteiger partial charge in [0.2, 0.25) is 5.88 Å². The molecule has 5 nitrogen and oxygen atoms in total. The third-order valence-electron chi connectivity index (χ3n) is 4.99. The molecular weight excluding hydrogens is 338 g/mol. The molecule has 5 heteroatoms. The Morgan fingerprint density at radius 3 is 2.44 bits per heavy atom. The number of hydrogen-bond acceptors (Lipinski definition) is 4. The number of aromatic nitrogens is 1. The molecule has 1 aromatic carbocycles. The molecule has 27 heavy (non-hydrogen) atoms. The molecule has 0 aliphatic carbocycles. The van der Waals surface area contributed by atoms with Crippen molar-refractivity contribution in [3.63, 3.8) is 0 Å². The summed E-state index contributed by atoms with van der Waals surface area (Å²) in [4.78, 5) is 21.3. The second-order valence-electron chi connectivity index (χ2n) is 7.25. The molecule has 0 bridgehead atoms. The minimum Gasteiger partial charge on any atom is -0.477 e. The van der Waals surface area contributed by atoms with Crippen molar-refractivity contribution in [1.29, 1.82) is 0 Å². The van der Waals surface area contributed by atoms with E-state index >= 15 is 0 Å². The Morgan fingerprint density at radius 1 is 1.11 bits per heavy atom. The molecule has 1 aliphatic rings. The number of nitrogens with zero attached hydrogens (tertiary/aromatic N) is 3. The Labute approximate surface area is 162 Å². The smallest absolute Gasteiger partial charge is 0.259 e. The van der Waals surface area contributed by atoms with Crippen LogP contribution < -0.4 is 4.74 Å².